The standard InChI is InChI=1S/C13H19FN2O/c1-9(15)10-3-4-13(12(14)7-10)16(2)11-5-6-17-8-11/h3-4,7,9,11H,5-6,8,15H2,1-2H3/t9-,11?/m0/s1. The molecule has 0 aliphatic carbocycles. The summed E-state index contributed by atoms with van der Waals surface area (Å²) < 4.78 is 19.3. The lowest BCUT2D eigenvalue weighted by molar-refractivity contribution is 0.193. The van der Waals surface area contributed by atoms with E-state index in [4.69, 9.17) is 10.5 Å². The largest absolute Gasteiger partial charge is 0.379 e. The molecule has 1 fully saturated rings. The van der Waals surface area contributed by atoms with Crippen molar-refractivity contribution in [2.75, 3.05) is 25.2 Å². The van der Waals surface area contributed by atoms with Crippen LogP contribution < -0.4 is 10.6 Å². The Kier molecular flexibility index (Phi) is 3.64. The highest BCUT2D eigenvalue weighted by Crippen LogP contribution is 2.25. The van der Waals surface area contributed by atoms with Gasteiger partial charge in [0.05, 0.1) is 18.3 Å². The molecule has 1 aliphatic heterocycles. The summed E-state index contributed by atoms with van der Waals surface area (Å²) in [6.45, 7) is 3.28. The Morgan fingerprint density at radius 2 is 2.29 bits per heavy atom. The zero-order valence-electron chi connectivity index (χ0n) is 10.3. The molecule has 0 spiro atoms. The molecule has 0 amide bonds. The van der Waals surface area contributed by atoms with Crippen molar-refractivity contribution < 1.29 is 9.13 Å². The van der Waals surface area contributed by atoms with Crippen molar-refractivity contribution in [3.63, 3.8) is 0 Å². The molecule has 17 heavy (non-hydrogen) atoms. The van der Waals surface area contributed by atoms with Crippen LogP contribution in [0, 0.1) is 5.82 Å². The maximum Gasteiger partial charge on any atom is 0.146 e. The molecule has 1 aromatic carbocycles. The third kappa shape index (κ3) is 2.58. The first-order valence-electron chi connectivity index (χ1n) is 5.95. The molecule has 1 aromatic rings. The zero-order valence-corrected chi connectivity index (χ0v) is 10.3. The third-order valence-electron chi connectivity index (χ3n) is 3.33. The van der Waals surface area contributed by atoms with E-state index in [1.54, 1.807) is 6.07 Å². The molecule has 1 heterocycles. The van der Waals surface area contributed by atoms with Crippen LogP contribution in [-0.4, -0.2) is 26.3 Å². The second-order valence-electron chi connectivity index (χ2n) is 4.63. The van der Waals surface area contributed by atoms with Gasteiger partial charge in [-0.25, -0.2) is 4.39 Å². The lowest BCUT2D eigenvalue weighted by atomic mass is 10.1. The van der Waals surface area contributed by atoms with E-state index in [-0.39, 0.29) is 17.9 Å². The van der Waals surface area contributed by atoms with Crippen molar-refractivity contribution in [1.29, 1.82) is 0 Å². The summed E-state index contributed by atoms with van der Waals surface area (Å²) in [5, 5.41) is 0. The zero-order chi connectivity index (χ0) is 12.4. The number of rotatable bonds is 3. The number of likely N-dealkylation sites (N-methyl/N-ethyl adjacent to an activating group) is 1. The van der Waals surface area contributed by atoms with Gasteiger partial charge in [0, 0.05) is 19.7 Å². The van der Waals surface area contributed by atoms with Crippen LogP contribution in [0.3, 0.4) is 0 Å². The fraction of sp³-hybridized carbons (Fsp3) is 0.538. The van der Waals surface area contributed by atoms with Gasteiger partial charge in [-0.15, -0.1) is 0 Å². The van der Waals surface area contributed by atoms with E-state index in [0.717, 1.165) is 18.6 Å². The Bertz CT molecular complexity index is 389. The number of nitrogens with zero attached hydrogens (tertiary/aromatic N) is 1. The number of ether oxygens (including phenoxy) is 1. The molecule has 2 rings (SSSR count). The topological polar surface area (TPSA) is 38.5 Å². The van der Waals surface area contributed by atoms with E-state index in [1.165, 1.54) is 6.07 Å². The summed E-state index contributed by atoms with van der Waals surface area (Å²) >= 11 is 0. The summed E-state index contributed by atoms with van der Waals surface area (Å²) in [6, 6.07) is 5.33. The molecule has 0 bridgehead atoms. The summed E-state index contributed by atoms with van der Waals surface area (Å²) in [5.74, 6) is -0.214. The van der Waals surface area contributed by atoms with Gasteiger partial charge in [-0.3, -0.25) is 0 Å². The molecule has 0 saturated carbocycles. The number of nitrogens with two attached hydrogens (primary N) is 1. The molecule has 2 atom stereocenters. The van der Waals surface area contributed by atoms with Crippen molar-refractivity contribution in [2.24, 2.45) is 5.73 Å². The Hall–Kier alpha value is -1.13. The van der Waals surface area contributed by atoms with Gasteiger partial charge < -0.3 is 15.4 Å². The van der Waals surface area contributed by atoms with Gasteiger partial charge in [-0.1, -0.05) is 6.07 Å². The van der Waals surface area contributed by atoms with Crippen molar-refractivity contribution in [3.05, 3.63) is 29.6 Å². The Balaban J connectivity index is 2.20. The molecule has 1 unspecified atom stereocenters. The average Bonchev–Trinajstić information content (AvgIpc) is 2.81. The van der Waals surface area contributed by atoms with Gasteiger partial charge in [0.25, 0.3) is 0 Å². The van der Waals surface area contributed by atoms with Crippen LogP contribution in [0.15, 0.2) is 18.2 Å². The smallest absolute Gasteiger partial charge is 0.146 e. The molecule has 0 radical (unpaired) electrons. The van der Waals surface area contributed by atoms with Crippen LogP contribution in [0.1, 0.15) is 24.9 Å². The normalized spacial score (nSPS) is 21.5. The second kappa shape index (κ2) is 5.02. The maximum absolute atomic E-state index is 14.0. The van der Waals surface area contributed by atoms with E-state index in [0.29, 0.717) is 12.3 Å². The minimum atomic E-state index is -0.214. The van der Waals surface area contributed by atoms with Crippen LogP contribution in [0.25, 0.3) is 0 Å². The van der Waals surface area contributed by atoms with Crippen LogP contribution >= 0.6 is 0 Å². The summed E-state index contributed by atoms with van der Waals surface area (Å²) in [7, 11) is 1.91. The molecule has 1 saturated heterocycles. The molecule has 3 nitrogen and oxygen atoms in total. The van der Waals surface area contributed by atoms with Gasteiger partial charge in [-0.05, 0) is 31.0 Å². The van der Waals surface area contributed by atoms with Crippen LogP contribution in [-0.2, 0) is 4.74 Å². The van der Waals surface area contributed by atoms with E-state index < -0.39 is 0 Å². The lowest BCUT2D eigenvalue weighted by Gasteiger charge is -2.26. The van der Waals surface area contributed by atoms with Gasteiger partial charge in [0.1, 0.15) is 5.82 Å². The lowest BCUT2D eigenvalue weighted by Crippen LogP contribution is -2.32. The molecule has 1 aliphatic rings. The number of hydrogen-bond acceptors (Lipinski definition) is 3. The predicted octanol–water partition coefficient (Wildman–Crippen LogP) is 2.07. The summed E-state index contributed by atoms with van der Waals surface area (Å²) in [5.41, 5.74) is 7.17. The molecule has 4 heteroatoms. The Morgan fingerprint density at radius 1 is 1.53 bits per heavy atom. The van der Waals surface area contributed by atoms with Crippen molar-refractivity contribution in [1.82, 2.24) is 0 Å². The Labute approximate surface area is 101 Å². The monoisotopic (exact) mass is 238 g/mol. The fourth-order valence-corrected chi connectivity index (χ4v) is 2.12. The van der Waals surface area contributed by atoms with Gasteiger partial charge in [0.2, 0.25) is 0 Å². The first-order chi connectivity index (χ1) is 8.09. The molecule has 0 aromatic heterocycles. The van der Waals surface area contributed by atoms with E-state index >= 15 is 0 Å². The summed E-state index contributed by atoms with van der Waals surface area (Å²) in [6.07, 6.45) is 0.949. The van der Waals surface area contributed by atoms with Gasteiger partial charge in [-0.2, -0.15) is 0 Å². The quantitative estimate of drug-likeness (QED) is 0.876. The number of hydrogen-bond donors (Lipinski definition) is 1. The molecule has 94 valence electrons. The van der Waals surface area contributed by atoms with Crippen LogP contribution in [0.5, 0.6) is 0 Å². The molecular formula is C13H19FN2O. The van der Waals surface area contributed by atoms with Gasteiger partial charge >= 0.3 is 0 Å². The van der Waals surface area contributed by atoms with E-state index in [9.17, 15) is 4.39 Å². The highest BCUT2D eigenvalue weighted by Gasteiger charge is 2.22. The van der Waals surface area contributed by atoms with Crippen LogP contribution in [0.4, 0.5) is 10.1 Å². The highest BCUT2D eigenvalue weighted by molar-refractivity contribution is 5.50. The SMILES string of the molecule is C[C@H](N)c1ccc(N(C)C2CCOC2)c(F)c1. The first kappa shape index (κ1) is 12.3. The molecule has 2 N–H and O–H groups in total. The minimum Gasteiger partial charge on any atom is -0.379 e. The van der Waals surface area contributed by atoms with Crippen LogP contribution in [0.2, 0.25) is 0 Å². The Morgan fingerprint density at radius 3 is 2.82 bits per heavy atom. The summed E-state index contributed by atoms with van der Waals surface area (Å²) in [4.78, 5) is 1.95. The van der Waals surface area contributed by atoms with E-state index in [1.807, 2.05) is 24.9 Å². The predicted molar refractivity (Wildman–Crippen MR) is 66.6 cm³/mol. The van der Waals surface area contributed by atoms with Crippen molar-refractivity contribution in [2.45, 2.75) is 25.4 Å². The number of benzene rings is 1. The van der Waals surface area contributed by atoms with Crippen molar-refractivity contribution in [3.8, 4) is 0 Å². The van der Waals surface area contributed by atoms with Crippen molar-refractivity contribution >= 4 is 5.69 Å². The average molecular weight is 238 g/mol. The third-order valence-corrected chi connectivity index (χ3v) is 3.33. The highest BCUT2D eigenvalue weighted by atomic mass is 19.1. The van der Waals surface area contributed by atoms with E-state index in [2.05, 4.69) is 0 Å². The second-order valence-corrected chi connectivity index (χ2v) is 4.63. The number of halogens is 1. The first-order valence-corrected chi connectivity index (χ1v) is 5.95. The fourth-order valence-electron chi connectivity index (χ4n) is 2.12. The molecular weight excluding hydrogens is 219 g/mol. The van der Waals surface area contributed by atoms with Gasteiger partial charge in [0.15, 0.2) is 0 Å². The number of anilines is 1. The maximum atomic E-state index is 14.0. The minimum absolute atomic E-state index is 0.140.